The van der Waals surface area contributed by atoms with Crippen LogP contribution in [0.3, 0.4) is 0 Å². The van der Waals surface area contributed by atoms with Gasteiger partial charge in [-0.05, 0) is 26.2 Å². The Labute approximate surface area is 102 Å². The summed E-state index contributed by atoms with van der Waals surface area (Å²) in [6.45, 7) is 4.08. The van der Waals surface area contributed by atoms with Crippen LogP contribution in [0.2, 0.25) is 0 Å². The molecule has 1 heterocycles. The minimum absolute atomic E-state index is 0.0403. The number of hydrogen-bond acceptors (Lipinski definition) is 2. The van der Waals surface area contributed by atoms with E-state index in [2.05, 4.69) is 22.2 Å². The quantitative estimate of drug-likeness (QED) is 0.842. The Morgan fingerprint density at radius 1 is 1.59 bits per heavy atom. The van der Waals surface area contributed by atoms with Crippen molar-refractivity contribution in [3.63, 3.8) is 0 Å². The fourth-order valence-electron chi connectivity index (χ4n) is 2.73. The Kier molecular flexibility index (Phi) is 3.50. The highest BCUT2D eigenvalue weighted by Gasteiger charge is 2.39. The van der Waals surface area contributed by atoms with Crippen molar-refractivity contribution < 1.29 is 4.79 Å². The van der Waals surface area contributed by atoms with Crippen molar-refractivity contribution in [1.82, 2.24) is 15.3 Å². The zero-order valence-corrected chi connectivity index (χ0v) is 10.6. The molecule has 0 aliphatic heterocycles. The van der Waals surface area contributed by atoms with Gasteiger partial charge in [-0.25, -0.2) is 4.98 Å². The Balaban J connectivity index is 2.01. The van der Waals surface area contributed by atoms with Crippen LogP contribution in [0.5, 0.6) is 0 Å². The van der Waals surface area contributed by atoms with Gasteiger partial charge in [-0.1, -0.05) is 19.8 Å². The molecule has 1 aromatic heterocycles. The van der Waals surface area contributed by atoms with Crippen molar-refractivity contribution >= 4 is 5.91 Å². The van der Waals surface area contributed by atoms with Gasteiger partial charge in [0.25, 0.3) is 0 Å². The Morgan fingerprint density at radius 3 is 2.82 bits per heavy atom. The number of aromatic amines is 1. The molecule has 0 bridgehead atoms. The second-order valence-electron chi connectivity index (χ2n) is 5.01. The highest BCUT2D eigenvalue weighted by Crippen LogP contribution is 2.41. The summed E-state index contributed by atoms with van der Waals surface area (Å²) in [4.78, 5) is 19.6. The lowest BCUT2D eigenvalue weighted by Gasteiger charge is -2.27. The van der Waals surface area contributed by atoms with Gasteiger partial charge in [0.2, 0.25) is 5.91 Å². The fourth-order valence-corrected chi connectivity index (χ4v) is 2.73. The molecule has 0 spiro atoms. The number of H-pyrrole nitrogens is 1. The summed E-state index contributed by atoms with van der Waals surface area (Å²) in [7, 11) is 0. The third kappa shape index (κ3) is 2.35. The maximum absolute atomic E-state index is 12.4. The molecule has 1 fully saturated rings. The van der Waals surface area contributed by atoms with Crippen LogP contribution in [0.15, 0.2) is 12.4 Å². The van der Waals surface area contributed by atoms with Crippen LogP contribution in [-0.2, 0) is 4.79 Å². The molecular weight excluding hydrogens is 214 g/mol. The van der Waals surface area contributed by atoms with Gasteiger partial charge in [0.05, 0.1) is 6.04 Å². The monoisotopic (exact) mass is 235 g/mol. The summed E-state index contributed by atoms with van der Waals surface area (Å²) in [5.41, 5.74) is -0.124. The number of nitrogens with zero attached hydrogens (tertiary/aromatic N) is 1. The van der Waals surface area contributed by atoms with Crippen LogP contribution in [0.1, 0.15) is 57.8 Å². The van der Waals surface area contributed by atoms with Crippen LogP contribution in [0, 0.1) is 5.41 Å². The number of amides is 1. The normalized spacial score (nSPS) is 20.1. The average molecular weight is 235 g/mol. The highest BCUT2D eigenvalue weighted by molar-refractivity contribution is 5.83. The maximum Gasteiger partial charge on any atom is 0.226 e. The number of nitrogens with one attached hydrogen (secondary N) is 2. The van der Waals surface area contributed by atoms with Crippen molar-refractivity contribution in [2.24, 2.45) is 5.41 Å². The number of carbonyl (C=O) groups excluding carboxylic acids is 1. The van der Waals surface area contributed by atoms with Crippen LogP contribution in [0.25, 0.3) is 0 Å². The first-order valence-corrected chi connectivity index (χ1v) is 6.48. The van der Waals surface area contributed by atoms with Gasteiger partial charge in [-0.2, -0.15) is 0 Å². The van der Waals surface area contributed by atoms with Crippen LogP contribution in [-0.4, -0.2) is 15.9 Å². The summed E-state index contributed by atoms with van der Waals surface area (Å²) < 4.78 is 0. The fraction of sp³-hybridized carbons (Fsp3) is 0.692. The molecule has 1 unspecified atom stereocenters. The number of imidazole rings is 1. The third-order valence-electron chi connectivity index (χ3n) is 4.00. The lowest BCUT2D eigenvalue weighted by Crippen LogP contribution is -2.40. The molecule has 4 nitrogen and oxygen atoms in total. The average Bonchev–Trinajstić information content (AvgIpc) is 3.01. The molecule has 1 atom stereocenters. The molecule has 1 saturated carbocycles. The summed E-state index contributed by atoms with van der Waals surface area (Å²) >= 11 is 0. The maximum atomic E-state index is 12.4. The van der Waals surface area contributed by atoms with Crippen molar-refractivity contribution in [3.05, 3.63) is 18.2 Å². The molecule has 94 valence electrons. The highest BCUT2D eigenvalue weighted by atomic mass is 16.2. The SMILES string of the molecule is CCC1(C(=O)NC(C)c2ncc[nH]2)CCCC1. The lowest BCUT2D eigenvalue weighted by molar-refractivity contribution is -0.131. The summed E-state index contributed by atoms with van der Waals surface area (Å²) in [5.74, 6) is 1.02. The van der Waals surface area contributed by atoms with Crippen LogP contribution in [0.4, 0.5) is 0 Å². The number of rotatable bonds is 4. The van der Waals surface area contributed by atoms with E-state index in [0.717, 1.165) is 25.1 Å². The largest absolute Gasteiger partial charge is 0.347 e. The molecule has 1 aliphatic rings. The molecule has 1 aromatic rings. The first kappa shape index (κ1) is 12.1. The third-order valence-corrected chi connectivity index (χ3v) is 4.00. The second kappa shape index (κ2) is 4.90. The van der Waals surface area contributed by atoms with Crippen molar-refractivity contribution in [3.8, 4) is 0 Å². The van der Waals surface area contributed by atoms with E-state index in [0.29, 0.717) is 0 Å². The van der Waals surface area contributed by atoms with Crippen molar-refractivity contribution in [2.75, 3.05) is 0 Å². The molecule has 0 saturated heterocycles. The summed E-state index contributed by atoms with van der Waals surface area (Å²) in [5, 5.41) is 3.08. The number of carbonyl (C=O) groups is 1. The topological polar surface area (TPSA) is 57.8 Å². The van der Waals surface area contributed by atoms with E-state index in [1.807, 2.05) is 6.92 Å². The standard InChI is InChI=1S/C13H21N3O/c1-3-13(6-4-5-7-13)12(17)16-10(2)11-14-8-9-15-11/h8-10H,3-7H2,1-2H3,(H,14,15)(H,16,17). The summed E-state index contributed by atoms with van der Waals surface area (Å²) in [6.07, 6.45) is 8.84. The predicted octanol–water partition coefficient (Wildman–Crippen LogP) is 2.56. The molecule has 4 heteroatoms. The second-order valence-corrected chi connectivity index (χ2v) is 5.01. The van der Waals surface area contributed by atoms with E-state index >= 15 is 0 Å². The Morgan fingerprint density at radius 2 is 2.29 bits per heavy atom. The van der Waals surface area contributed by atoms with Crippen LogP contribution >= 0.6 is 0 Å². The molecular formula is C13H21N3O. The van der Waals surface area contributed by atoms with Crippen molar-refractivity contribution in [2.45, 2.75) is 52.0 Å². The smallest absolute Gasteiger partial charge is 0.226 e. The number of hydrogen-bond donors (Lipinski definition) is 2. The Hall–Kier alpha value is -1.32. The minimum atomic E-state index is -0.124. The lowest BCUT2D eigenvalue weighted by atomic mass is 9.82. The van der Waals surface area contributed by atoms with E-state index in [1.54, 1.807) is 12.4 Å². The predicted molar refractivity (Wildman–Crippen MR) is 66.3 cm³/mol. The number of aromatic nitrogens is 2. The van der Waals surface area contributed by atoms with E-state index < -0.39 is 0 Å². The van der Waals surface area contributed by atoms with Gasteiger partial charge in [0, 0.05) is 17.8 Å². The van der Waals surface area contributed by atoms with Gasteiger partial charge < -0.3 is 10.3 Å². The van der Waals surface area contributed by atoms with Crippen molar-refractivity contribution in [1.29, 1.82) is 0 Å². The van der Waals surface area contributed by atoms with Gasteiger partial charge in [0.15, 0.2) is 0 Å². The zero-order chi connectivity index (χ0) is 12.3. The summed E-state index contributed by atoms with van der Waals surface area (Å²) in [6, 6.07) is -0.0403. The first-order chi connectivity index (χ1) is 8.18. The molecule has 1 amide bonds. The molecule has 2 N–H and O–H groups in total. The van der Waals surface area contributed by atoms with Gasteiger partial charge >= 0.3 is 0 Å². The molecule has 0 radical (unpaired) electrons. The van der Waals surface area contributed by atoms with E-state index in [4.69, 9.17) is 0 Å². The van der Waals surface area contributed by atoms with E-state index in [1.165, 1.54) is 12.8 Å². The van der Waals surface area contributed by atoms with Gasteiger partial charge in [0.1, 0.15) is 5.82 Å². The zero-order valence-electron chi connectivity index (χ0n) is 10.6. The van der Waals surface area contributed by atoms with Crippen LogP contribution < -0.4 is 5.32 Å². The molecule has 17 heavy (non-hydrogen) atoms. The van der Waals surface area contributed by atoms with Gasteiger partial charge in [-0.15, -0.1) is 0 Å². The molecule has 1 aliphatic carbocycles. The minimum Gasteiger partial charge on any atom is -0.347 e. The molecule has 0 aromatic carbocycles. The molecule has 2 rings (SSSR count). The Bertz CT molecular complexity index is 366. The van der Waals surface area contributed by atoms with Gasteiger partial charge in [-0.3, -0.25) is 4.79 Å². The van der Waals surface area contributed by atoms with E-state index in [9.17, 15) is 4.79 Å². The van der Waals surface area contributed by atoms with E-state index in [-0.39, 0.29) is 17.4 Å². The first-order valence-electron chi connectivity index (χ1n) is 6.48.